The summed E-state index contributed by atoms with van der Waals surface area (Å²) >= 11 is 3.22. The van der Waals surface area contributed by atoms with E-state index in [4.69, 9.17) is 4.74 Å². The highest BCUT2D eigenvalue weighted by Gasteiger charge is 2.22. The lowest BCUT2D eigenvalue weighted by molar-refractivity contribution is -0.385. The molecule has 0 amide bonds. The lowest BCUT2D eigenvalue weighted by Gasteiger charge is -2.05. The van der Waals surface area contributed by atoms with Crippen LogP contribution in [0.4, 0.5) is 5.69 Å². The van der Waals surface area contributed by atoms with E-state index in [-0.39, 0.29) is 17.9 Å². The van der Waals surface area contributed by atoms with E-state index in [1.807, 2.05) is 0 Å². The number of benzene rings is 1. The molecule has 0 N–H and O–H groups in total. The molecule has 1 aromatic carbocycles. The number of ether oxygens (including phenoxy) is 1. The molecule has 0 spiro atoms. The number of carbonyl (C=O) groups excluding carboxylic acids is 1. The van der Waals surface area contributed by atoms with E-state index in [9.17, 15) is 14.9 Å². The summed E-state index contributed by atoms with van der Waals surface area (Å²) in [6.45, 7) is 3.54. The zero-order chi connectivity index (χ0) is 12.3. The van der Waals surface area contributed by atoms with Crippen LogP contribution in [0, 0.1) is 17.0 Å². The van der Waals surface area contributed by atoms with Gasteiger partial charge in [-0.3, -0.25) is 10.1 Å². The molecule has 86 valence electrons. The molecule has 6 heteroatoms. The Hall–Kier alpha value is -1.43. The third kappa shape index (κ3) is 2.57. The Morgan fingerprint density at radius 1 is 1.56 bits per heavy atom. The molecule has 0 saturated carbocycles. The van der Waals surface area contributed by atoms with Crippen molar-refractivity contribution < 1.29 is 14.5 Å². The van der Waals surface area contributed by atoms with Crippen LogP contribution in [0.5, 0.6) is 0 Å². The molecule has 16 heavy (non-hydrogen) atoms. The summed E-state index contributed by atoms with van der Waals surface area (Å²) in [5, 5.41) is 10.8. The fourth-order valence-electron chi connectivity index (χ4n) is 1.19. The average Bonchev–Trinajstić information content (AvgIpc) is 2.21. The monoisotopic (exact) mass is 287 g/mol. The fourth-order valence-corrected chi connectivity index (χ4v) is 1.53. The number of rotatable bonds is 3. The first kappa shape index (κ1) is 12.6. The van der Waals surface area contributed by atoms with Gasteiger partial charge in [0, 0.05) is 10.5 Å². The SMILES string of the molecule is CCOC(=O)c1cc(Br)c(C)cc1[N+](=O)[O-]. The van der Waals surface area contributed by atoms with Crippen LogP contribution < -0.4 is 0 Å². The van der Waals surface area contributed by atoms with E-state index in [2.05, 4.69) is 15.9 Å². The Morgan fingerprint density at radius 2 is 2.19 bits per heavy atom. The van der Waals surface area contributed by atoms with E-state index in [0.717, 1.165) is 0 Å². The number of nitro groups is 1. The molecule has 0 aromatic heterocycles. The molecule has 0 aliphatic carbocycles. The molecule has 0 atom stereocenters. The van der Waals surface area contributed by atoms with E-state index in [1.165, 1.54) is 12.1 Å². The van der Waals surface area contributed by atoms with Gasteiger partial charge in [0.2, 0.25) is 0 Å². The van der Waals surface area contributed by atoms with Crippen LogP contribution in [0.25, 0.3) is 0 Å². The van der Waals surface area contributed by atoms with E-state index >= 15 is 0 Å². The third-order valence-electron chi connectivity index (χ3n) is 1.97. The predicted octanol–water partition coefficient (Wildman–Crippen LogP) is 2.84. The minimum absolute atomic E-state index is 0.0377. The van der Waals surface area contributed by atoms with Gasteiger partial charge in [0.25, 0.3) is 5.69 Å². The Kier molecular flexibility index (Phi) is 4.00. The van der Waals surface area contributed by atoms with Crippen LogP contribution in [0.15, 0.2) is 16.6 Å². The van der Waals surface area contributed by atoms with Crippen molar-refractivity contribution in [2.45, 2.75) is 13.8 Å². The maximum Gasteiger partial charge on any atom is 0.345 e. The topological polar surface area (TPSA) is 69.4 Å². The largest absolute Gasteiger partial charge is 0.462 e. The van der Waals surface area contributed by atoms with Crippen molar-refractivity contribution in [1.29, 1.82) is 0 Å². The van der Waals surface area contributed by atoms with Gasteiger partial charge in [-0.1, -0.05) is 15.9 Å². The number of nitro benzene ring substituents is 1. The lowest BCUT2D eigenvalue weighted by atomic mass is 10.1. The third-order valence-corrected chi connectivity index (χ3v) is 2.82. The minimum atomic E-state index is -0.685. The van der Waals surface area contributed by atoms with Crippen LogP contribution in [0.1, 0.15) is 22.8 Å². The minimum Gasteiger partial charge on any atom is -0.462 e. The quantitative estimate of drug-likeness (QED) is 0.487. The first-order chi connectivity index (χ1) is 7.47. The van der Waals surface area contributed by atoms with Crippen LogP contribution in [-0.4, -0.2) is 17.5 Å². The first-order valence-electron chi connectivity index (χ1n) is 4.59. The lowest BCUT2D eigenvalue weighted by Crippen LogP contribution is -2.08. The molecule has 0 saturated heterocycles. The highest BCUT2D eigenvalue weighted by Crippen LogP contribution is 2.27. The fraction of sp³-hybridized carbons (Fsp3) is 0.300. The molecule has 5 nitrogen and oxygen atoms in total. The molecule has 1 aromatic rings. The maximum atomic E-state index is 11.5. The molecule has 0 aliphatic heterocycles. The standard InChI is InChI=1S/C10H10BrNO4/c1-3-16-10(13)7-5-8(11)6(2)4-9(7)12(14)15/h4-5H,3H2,1-2H3. The second-order valence-corrected chi connectivity index (χ2v) is 3.95. The van der Waals surface area contributed by atoms with Gasteiger partial charge in [0.1, 0.15) is 5.56 Å². The van der Waals surface area contributed by atoms with Gasteiger partial charge < -0.3 is 4.74 Å². The number of esters is 1. The normalized spacial score (nSPS) is 9.94. The van der Waals surface area contributed by atoms with E-state index < -0.39 is 10.9 Å². The molecule has 0 radical (unpaired) electrons. The zero-order valence-electron chi connectivity index (χ0n) is 8.82. The number of halogens is 1. The molecule has 0 heterocycles. The van der Waals surface area contributed by atoms with Gasteiger partial charge in [-0.2, -0.15) is 0 Å². The van der Waals surface area contributed by atoms with Crippen molar-refractivity contribution in [2.24, 2.45) is 0 Å². The second kappa shape index (κ2) is 5.07. The Labute approximate surface area is 101 Å². The van der Waals surface area contributed by atoms with Crippen LogP contribution in [0.2, 0.25) is 0 Å². The number of aryl methyl sites for hydroxylation is 1. The van der Waals surface area contributed by atoms with Crippen molar-refractivity contribution >= 4 is 27.6 Å². The van der Waals surface area contributed by atoms with Gasteiger partial charge >= 0.3 is 5.97 Å². The number of nitrogens with zero attached hydrogens (tertiary/aromatic N) is 1. The van der Waals surface area contributed by atoms with Crippen LogP contribution >= 0.6 is 15.9 Å². The van der Waals surface area contributed by atoms with Gasteiger partial charge in [0.15, 0.2) is 0 Å². The number of carbonyl (C=O) groups is 1. The van der Waals surface area contributed by atoms with E-state index in [1.54, 1.807) is 13.8 Å². The molecule has 0 bridgehead atoms. The summed E-state index contributed by atoms with van der Waals surface area (Å²) < 4.78 is 5.39. The predicted molar refractivity (Wildman–Crippen MR) is 61.5 cm³/mol. The second-order valence-electron chi connectivity index (χ2n) is 3.10. The maximum absolute atomic E-state index is 11.5. The van der Waals surface area contributed by atoms with Gasteiger partial charge in [0.05, 0.1) is 11.5 Å². The molecule has 0 aliphatic rings. The Morgan fingerprint density at radius 3 is 2.69 bits per heavy atom. The smallest absolute Gasteiger partial charge is 0.345 e. The van der Waals surface area contributed by atoms with Gasteiger partial charge in [-0.05, 0) is 25.5 Å². The van der Waals surface area contributed by atoms with Crippen molar-refractivity contribution in [2.75, 3.05) is 6.61 Å². The molecular weight excluding hydrogens is 278 g/mol. The summed E-state index contributed by atoms with van der Waals surface area (Å²) in [6.07, 6.45) is 0. The summed E-state index contributed by atoms with van der Waals surface area (Å²) in [4.78, 5) is 21.7. The number of hydrogen-bond donors (Lipinski definition) is 0. The molecule has 1 rings (SSSR count). The van der Waals surface area contributed by atoms with Crippen LogP contribution in [-0.2, 0) is 4.74 Å². The van der Waals surface area contributed by atoms with E-state index in [0.29, 0.717) is 10.0 Å². The van der Waals surface area contributed by atoms with Crippen molar-refractivity contribution in [1.82, 2.24) is 0 Å². The Balaban J connectivity index is 3.30. The van der Waals surface area contributed by atoms with Gasteiger partial charge in [-0.25, -0.2) is 4.79 Å². The highest BCUT2D eigenvalue weighted by atomic mass is 79.9. The Bertz CT molecular complexity index is 445. The highest BCUT2D eigenvalue weighted by molar-refractivity contribution is 9.10. The summed E-state index contributed by atoms with van der Waals surface area (Å²) in [5.74, 6) is -0.685. The zero-order valence-corrected chi connectivity index (χ0v) is 10.4. The first-order valence-corrected chi connectivity index (χ1v) is 5.38. The average molecular weight is 288 g/mol. The van der Waals surface area contributed by atoms with Crippen LogP contribution in [0.3, 0.4) is 0 Å². The van der Waals surface area contributed by atoms with Gasteiger partial charge in [-0.15, -0.1) is 0 Å². The molecule has 0 unspecified atom stereocenters. The summed E-state index contributed by atoms with van der Waals surface area (Å²) in [5.41, 5.74) is 0.420. The summed E-state index contributed by atoms with van der Waals surface area (Å²) in [6, 6.07) is 2.75. The molecular formula is C10H10BrNO4. The summed E-state index contributed by atoms with van der Waals surface area (Å²) in [7, 11) is 0. The van der Waals surface area contributed by atoms with Crippen molar-refractivity contribution in [3.05, 3.63) is 37.8 Å². The van der Waals surface area contributed by atoms with Crippen molar-refractivity contribution in [3.8, 4) is 0 Å². The number of hydrogen-bond acceptors (Lipinski definition) is 4. The molecule has 0 fully saturated rings. The van der Waals surface area contributed by atoms with Crippen molar-refractivity contribution in [3.63, 3.8) is 0 Å².